The third kappa shape index (κ3) is 5.71. The number of piperidine rings is 1. The molecule has 1 fully saturated rings. The summed E-state index contributed by atoms with van der Waals surface area (Å²) in [5.74, 6) is -0.242. The van der Waals surface area contributed by atoms with E-state index >= 15 is 0 Å². The fraction of sp³-hybridized carbons (Fsp3) is 0.364. The fourth-order valence-corrected chi connectivity index (χ4v) is 3.56. The van der Waals surface area contributed by atoms with Crippen molar-refractivity contribution in [3.05, 3.63) is 69.8 Å². The lowest BCUT2D eigenvalue weighted by atomic mass is 10.00. The van der Waals surface area contributed by atoms with Crippen LogP contribution in [0.1, 0.15) is 49.2 Å². The Labute approximate surface area is 179 Å². The molecule has 1 atom stereocenters. The molecule has 1 aliphatic heterocycles. The number of carboxylic acid groups (broad SMARTS) is 1. The van der Waals surface area contributed by atoms with Crippen LogP contribution < -0.4 is 5.56 Å². The van der Waals surface area contributed by atoms with Crippen LogP contribution in [-0.4, -0.2) is 43.2 Å². The van der Waals surface area contributed by atoms with Gasteiger partial charge in [-0.05, 0) is 31.7 Å². The van der Waals surface area contributed by atoms with Gasteiger partial charge in [0.25, 0.3) is 5.56 Å². The molecular formula is C22H26N4O5. The second-order valence-electron chi connectivity index (χ2n) is 7.39. The highest BCUT2D eigenvalue weighted by Gasteiger charge is 2.29. The molecule has 4 rings (SSSR count). The number of benzene rings is 1. The number of aromatic amines is 1. The average molecular weight is 426 g/mol. The lowest BCUT2D eigenvalue weighted by Gasteiger charge is -2.32. The molecule has 0 unspecified atom stereocenters. The number of esters is 1. The van der Waals surface area contributed by atoms with Crippen molar-refractivity contribution in [1.82, 2.24) is 19.5 Å². The summed E-state index contributed by atoms with van der Waals surface area (Å²) in [4.78, 5) is 37.3. The highest BCUT2D eigenvalue weighted by molar-refractivity contribution is 5.66. The minimum absolute atomic E-state index is 0.180. The molecule has 3 heterocycles. The molecule has 2 aromatic heterocycles. The van der Waals surface area contributed by atoms with Crippen LogP contribution in [0.3, 0.4) is 0 Å². The molecule has 3 aromatic rings. The summed E-state index contributed by atoms with van der Waals surface area (Å²) in [6.45, 7) is 4.11. The van der Waals surface area contributed by atoms with Crippen LogP contribution in [0.25, 0.3) is 5.65 Å². The van der Waals surface area contributed by atoms with Crippen molar-refractivity contribution in [3.63, 3.8) is 0 Å². The van der Waals surface area contributed by atoms with E-state index in [4.69, 9.17) is 4.74 Å². The largest absolute Gasteiger partial charge is 0.465 e. The number of aryl methyl sites for hydroxylation is 1. The van der Waals surface area contributed by atoms with Crippen LogP contribution in [0.5, 0.6) is 0 Å². The summed E-state index contributed by atoms with van der Waals surface area (Å²) >= 11 is 0. The molecule has 1 amide bonds. The molecular weight excluding hydrogens is 400 g/mol. The van der Waals surface area contributed by atoms with Gasteiger partial charge in [-0.1, -0.05) is 30.3 Å². The van der Waals surface area contributed by atoms with Gasteiger partial charge in [-0.15, -0.1) is 0 Å². The van der Waals surface area contributed by atoms with Crippen LogP contribution in [0.15, 0.2) is 47.3 Å². The highest BCUT2D eigenvalue weighted by atomic mass is 16.5. The number of likely N-dealkylation sites (tertiary alicyclic amines) is 1. The van der Waals surface area contributed by atoms with Gasteiger partial charge in [0.15, 0.2) is 0 Å². The van der Waals surface area contributed by atoms with Gasteiger partial charge < -0.3 is 14.8 Å². The van der Waals surface area contributed by atoms with Crippen LogP contribution in [0.2, 0.25) is 0 Å². The van der Waals surface area contributed by atoms with Crippen molar-refractivity contribution in [3.8, 4) is 0 Å². The first-order valence-corrected chi connectivity index (χ1v) is 10.1. The second-order valence-corrected chi connectivity index (χ2v) is 7.39. The molecule has 31 heavy (non-hydrogen) atoms. The Morgan fingerprint density at radius 1 is 1.23 bits per heavy atom. The number of nitrogens with zero attached hydrogens (tertiary/aromatic N) is 3. The summed E-state index contributed by atoms with van der Waals surface area (Å²) in [7, 11) is 0. The van der Waals surface area contributed by atoms with E-state index in [1.165, 1.54) is 17.9 Å². The molecule has 9 heteroatoms. The Balaban J connectivity index is 0.000000210. The number of fused-ring (bicyclic) bond motifs is 1. The molecule has 0 radical (unpaired) electrons. The zero-order chi connectivity index (χ0) is 22.4. The zero-order valence-electron chi connectivity index (χ0n) is 17.6. The number of hydrogen-bond acceptors (Lipinski definition) is 5. The maximum Gasteiger partial charge on any atom is 0.407 e. The van der Waals surface area contributed by atoms with Crippen molar-refractivity contribution in [2.24, 2.45) is 0 Å². The number of H-pyrrole nitrogens is 1. The van der Waals surface area contributed by atoms with E-state index in [1.807, 2.05) is 30.3 Å². The monoisotopic (exact) mass is 426 g/mol. The molecule has 9 nitrogen and oxygen atoms in total. The maximum absolute atomic E-state index is 11.5. The summed E-state index contributed by atoms with van der Waals surface area (Å²) in [6, 6.07) is 12.6. The SMILES string of the molecule is CC(=O)OCc1ccccc1.Cc1cc(=O)[nH]c2cc([C@@H]3CCCCN3C(=O)O)nn12. The first-order valence-electron chi connectivity index (χ1n) is 10.1. The first kappa shape index (κ1) is 22.1. The van der Waals surface area contributed by atoms with Crippen molar-refractivity contribution in [2.45, 2.75) is 45.8 Å². The number of aromatic nitrogens is 3. The van der Waals surface area contributed by atoms with Crippen molar-refractivity contribution in [2.75, 3.05) is 6.54 Å². The number of rotatable bonds is 3. The van der Waals surface area contributed by atoms with Gasteiger partial charge in [0.05, 0.1) is 11.7 Å². The fourth-order valence-electron chi connectivity index (χ4n) is 3.56. The molecule has 0 spiro atoms. The Morgan fingerprint density at radius 2 is 1.97 bits per heavy atom. The zero-order valence-corrected chi connectivity index (χ0v) is 17.6. The lowest BCUT2D eigenvalue weighted by molar-refractivity contribution is -0.142. The third-order valence-electron chi connectivity index (χ3n) is 5.03. The molecule has 0 aliphatic carbocycles. The predicted octanol–water partition coefficient (Wildman–Crippen LogP) is 3.29. The van der Waals surface area contributed by atoms with E-state index in [9.17, 15) is 19.5 Å². The molecule has 0 saturated carbocycles. The first-order chi connectivity index (χ1) is 14.8. The van der Waals surface area contributed by atoms with E-state index in [2.05, 4.69) is 10.1 Å². The smallest absolute Gasteiger partial charge is 0.407 e. The summed E-state index contributed by atoms with van der Waals surface area (Å²) < 4.78 is 6.43. The Hall–Kier alpha value is -3.62. The topological polar surface area (TPSA) is 117 Å². The minimum atomic E-state index is -0.919. The predicted molar refractivity (Wildman–Crippen MR) is 114 cm³/mol. The van der Waals surface area contributed by atoms with E-state index in [1.54, 1.807) is 17.5 Å². The molecule has 1 aromatic carbocycles. The Morgan fingerprint density at radius 3 is 2.65 bits per heavy atom. The van der Waals surface area contributed by atoms with Crippen molar-refractivity contribution >= 4 is 17.7 Å². The number of carbonyl (C=O) groups excluding carboxylic acids is 1. The van der Waals surface area contributed by atoms with Crippen molar-refractivity contribution < 1.29 is 19.4 Å². The van der Waals surface area contributed by atoms with E-state index < -0.39 is 6.09 Å². The molecule has 1 aliphatic rings. The standard InChI is InChI=1S/C13H16N4O3.C9H10O2/c1-8-6-12(18)14-11-7-9(15-17(8)11)10-4-2-3-5-16(10)13(19)20;1-8(10)11-7-9-5-3-2-4-6-9/h6-7,10H,2-5H2,1H3,(H,14,18)(H,19,20);2-6H,7H2,1H3/t10-;/m0./s1. The van der Waals surface area contributed by atoms with Crippen LogP contribution in [-0.2, 0) is 16.1 Å². The average Bonchev–Trinajstić information content (AvgIpc) is 3.18. The Bertz CT molecular complexity index is 1110. The molecule has 2 N–H and O–H groups in total. The van der Waals surface area contributed by atoms with Crippen LogP contribution >= 0.6 is 0 Å². The quantitative estimate of drug-likeness (QED) is 0.621. The van der Waals surface area contributed by atoms with Gasteiger partial charge in [-0.3, -0.25) is 14.5 Å². The van der Waals surface area contributed by atoms with Gasteiger partial charge in [0, 0.05) is 31.3 Å². The number of nitrogens with one attached hydrogen (secondary N) is 1. The molecule has 164 valence electrons. The molecule has 1 saturated heterocycles. The van der Waals surface area contributed by atoms with E-state index in [0.717, 1.165) is 30.5 Å². The normalized spacial score (nSPS) is 15.8. The Kier molecular flexibility index (Phi) is 7.07. The van der Waals surface area contributed by atoms with Gasteiger partial charge in [0.1, 0.15) is 12.3 Å². The van der Waals surface area contributed by atoms with Crippen LogP contribution in [0.4, 0.5) is 4.79 Å². The number of hydrogen-bond donors (Lipinski definition) is 2. The third-order valence-corrected chi connectivity index (χ3v) is 5.03. The van der Waals surface area contributed by atoms with Gasteiger partial charge in [0.2, 0.25) is 0 Å². The van der Waals surface area contributed by atoms with Crippen LogP contribution in [0, 0.1) is 6.92 Å². The van der Waals surface area contributed by atoms with Gasteiger partial charge in [-0.25, -0.2) is 9.31 Å². The van der Waals surface area contributed by atoms with E-state index in [-0.39, 0.29) is 17.6 Å². The summed E-state index contributed by atoms with van der Waals surface area (Å²) in [6.07, 6.45) is 1.71. The van der Waals surface area contributed by atoms with Gasteiger partial charge in [-0.2, -0.15) is 5.10 Å². The summed E-state index contributed by atoms with van der Waals surface area (Å²) in [5.41, 5.74) is 2.86. The van der Waals surface area contributed by atoms with Crippen molar-refractivity contribution in [1.29, 1.82) is 0 Å². The second kappa shape index (κ2) is 9.92. The summed E-state index contributed by atoms with van der Waals surface area (Å²) in [5, 5.41) is 13.7. The number of carbonyl (C=O) groups is 2. The molecule has 0 bridgehead atoms. The van der Waals surface area contributed by atoms with E-state index in [0.29, 0.717) is 24.5 Å². The highest BCUT2D eigenvalue weighted by Crippen LogP contribution is 2.30. The maximum atomic E-state index is 11.5. The van der Waals surface area contributed by atoms with Gasteiger partial charge >= 0.3 is 12.1 Å². The minimum Gasteiger partial charge on any atom is -0.465 e. The number of ether oxygens (including phenoxy) is 1. The lowest BCUT2D eigenvalue weighted by Crippen LogP contribution is -2.37. The number of amides is 1.